The van der Waals surface area contributed by atoms with Crippen molar-refractivity contribution >= 4 is 6.08 Å². The summed E-state index contributed by atoms with van der Waals surface area (Å²) in [4.78, 5) is 3.95. The first kappa shape index (κ1) is 8.78. The first-order chi connectivity index (χ1) is 5.79. The van der Waals surface area contributed by atoms with Gasteiger partial charge in [0.25, 0.3) is 0 Å². The van der Waals surface area contributed by atoms with Crippen LogP contribution in [0.4, 0.5) is 0 Å². The smallest absolute Gasteiger partial charge is 0.181 e. The minimum atomic E-state index is 0.590. The van der Waals surface area contributed by atoms with Crippen molar-refractivity contribution in [3.8, 4) is 0 Å². The van der Waals surface area contributed by atoms with Crippen molar-refractivity contribution in [3.63, 3.8) is 0 Å². The predicted octanol–water partition coefficient (Wildman–Crippen LogP) is 2.90. The molecule has 1 aromatic heterocycles. The molecule has 64 valence electrons. The highest BCUT2D eigenvalue weighted by atomic mass is 16.3. The van der Waals surface area contributed by atoms with Gasteiger partial charge in [-0.25, -0.2) is 4.98 Å². The molecule has 1 aromatic rings. The van der Waals surface area contributed by atoms with Crippen molar-refractivity contribution in [2.75, 3.05) is 0 Å². The summed E-state index contributed by atoms with van der Waals surface area (Å²) in [6, 6.07) is 0. The average molecular weight is 163 g/mol. The van der Waals surface area contributed by atoms with Crippen LogP contribution in [0.25, 0.3) is 6.08 Å². The lowest BCUT2D eigenvalue weighted by Gasteiger charge is -1.88. The monoisotopic (exact) mass is 163 g/mol. The average Bonchev–Trinajstić information content (AvgIpc) is 2.49. The Hall–Kier alpha value is -1.31. The molecule has 0 amide bonds. The van der Waals surface area contributed by atoms with E-state index in [-0.39, 0.29) is 0 Å². The van der Waals surface area contributed by atoms with E-state index in [1.54, 1.807) is 6.26 Å². The van der Waals surface area contributed by atoms with Gasteiger partial charge in [-0.1, -0.05) is 32.1 Å². The predicted molar refractivity (Wildman–Crippen MR) is 49.5 cm³/mol. The highest BCUT2D eigenvalue weighted by Crippen LogP contribution is 1.98. The van der Waals surface area contributed by atoms with Crippen LogP contribution in [0.3, 0.4) is 0 Å². The van der Waals surface area contributed by atoms with Gasteiger partial charge in [0.05, 0.1) is 0 Å². The van der Waals surface area contributed by atoms with E-state index < -0.39 is 0 Å². The third-order valence-electron chi connectivity index (χ3n) is 1.33. The van der Waals surface area contributed by atoms with E-state index in [1.165, 1.54) is 6.39 Å². The number of hydrogen-bond donors (Lipinski definition) is 0. The molecule has 1 rings (SSSR count). The van der Waals surface area contributed by atoms with Crippen LogP contribution in [-0.4, -0.2) is 4.98 Å². The maximum atomic E-state index is 4.81. The molecule has 0 unspecified atom stereocenters. The SMILES string of the molecule is CC(C)/C=C/C=C/c1cocn1. The Bertz CT molecular complexity index is 257. The highest BCUT2D eigenvalue weighted by Gasteiger charge is 1.85. The second-order valence-electron chi connectivity index (χ2n) is 2.90. The highest BCUT2D eigenvalue weighted by molar-refractivity contribution is 5.44. The molecule has 0 N–H and O–H groups in total. The van der Waals surface area contributed by atoms with Gasteiger partial charge in [-0.2, -0.15) is 0 Å². The molecule has 2 nitrogen and oxygen atoms in total. The van der Waals surface area contributed by atoms with E-state index in [4.69, 9.17) is 4.42 Å². The van der Waals surface area contributed by atoms with Crippen LogP contribution in [0, 0.1) is 5.92 Å². The summed E-state index contributed by atoms with van der Waals surface area (Å²) in [5.74, 6) is 0.590. The molecular formula is C10H13NO. The van der Waals surface area contributed by atoms with Crippen molar-refractivity contribution < 1.29 is 4.42 Å². The fraction of sp³-hybridized carbons (Fsp3) is 0.300. The fourth-order valence-electron chi connectivity index (χ4n) is 0.745. The fourth-order valence-corrected chi connectivity index (χ4v) is 0.745. The summed E-state index contributed by atoms with van der Waals surface area (Å²) in [5, 5.41) is 0. The van der Waals surface area contributed by atoms with Gasteiger partial charge in [0, 0.05) is 0 Å². The molecule has 0 aliphatic heterocycles. The lowest BCUT2D eigenvalue weighted by molar-refractivity contribution is 0.557. The Morgan fingerprint density at radius 1 is 1.42 bits per heavy atom. The van der Waals surface area contributed by atoms with Gasteiger partial charge in [-0.3, -0.25) is 0 Å². The first-order valence-corrected chi connectivity index (χ1v) is 4.02. The van der Waals surface area contributed by atoms with Crippen LogP contribution < -0.4 is 0 Å². The Balaban J connectivity index is 2.42. The lowest BCUT2D eigenvalue weighted by Crippen LogP contribution is -1.74. The van der Waals surface area contributed by atoms with Gasteiger partial charge in [-0.05, 0) is 12.0 Å². The number of hydrogen-bond acceptors (Lipinski definition) is 2. The molecule has 0 aromatic carbocycles. The first-order valence-electron chi connectivity index (χ1n) is 4.02. The van der Waals surface area contributed by atoms with E-state index in [0.29, 0.717) is 5.92 Å². The van der Waals surface area contributed by atoms with Gasteiger partial charge in [0.1, 0.15) is 12.0 Å². The number of oxazole rings is 1. The molecule has 0 saturated heterocycles. The van der Waals surface area contributed by atoms with E-state index in [0.717, 1.165) is 5.69 Å². The van der Waals surface area contributed by atoms with Gasteiger partial charge in [-0.15, -0.1) is 0 Å². The van der Waals surface area contributed by atoms with Gasteiger partial charge in [0.2, 0.25) is 0 Å². The van der Waals surface area contributed by atoms with Crippen molar-refractivity contribution in [2.45, 2.75) is 13.8 Å². The van der Waals surface area contributed by atoms with Crippen molar-refractivity contribution in [2.24, 2.45) is 5.92 Å². The quantitative estimate of drug-likeness (QED) is 0.640. The maximum Gasteiger partial charge on any atom is 0.181 e. The molecule has 2 heteroatoms. The molecule has 0 aliphatic rings. The maximum absolute atomic E-state index is 4.81. The topological polar surface area (TPSA) is 26.0 Å². The van der Waals surface area contributed by atoms with Gasteiger partial charge < -0.3 is 4.42 Å². The van der Waals surface area contributed by atoms with Crippen molar-refractivity contribution in [3.05, 3.63) is 36.6 Å². The van der Waals surface area contributed by atoms with E-state index in [2.05, 4.69) is 24.9 Å². The summed E-state index contributed by atoms with van der Waals surface area (Å²) in [5.41, 5.74) is 0.850. The van der Waals surface area contributed by atoms with Crippen LogP contribution >= 0.6 is 0 Å². The zero-order valence-electron chi connectivity index (χ0n) is 7.40. The molecule has 0 saturated carbocycles. The van der Waals surface area contributed by atoms with E-state index >= 15 is 0 Å². The molecule has 0 bridgehead atoms. The number of rotatable bonds is 3. The number of nitrogens with zero attached hydrogens (tertiary/aromatic N) is 1. The van der Waals surface area contributed by atoms with E-state index in [9.17, 15) is 0 Å². The Morgan fingerprint density at radius 3 is 2.83 bits per heavy atom. The molecule has 0 fully saturated rings. The molecular weight excluding hydrogens is 150 g/mol. The largest absolute Gasteiger partial charge is 0.451 e. The summed E-state index contributed by atoms with van der Waals surface area (Å²) in [7, 11) is 0. The summed E-state index contributed by atoms with van der Waals surface area (Å²) in [6.45, 7) is 4.28. The van der Waals surface area contributed by atoms with Crippen LogP contribution in [0.15, 0.2) is 35.3 Å². The number of allylic oxidation sites excluding steroid dienone is 3. The Kier molecular flexibility index (Phi) is 3.33. The summed E-state index contributed by atoms with van der Waals surface area (Å²) in [6.07, 6.45) is 11.0. The molecule has 0 spiro atoms. The summed E-state index contributed by atoms with van der Waals surface area (Å²) < 4.78 is 4.81. The Morgan fingerprint density at radius 2 is 2.25 bits per heavy atom. The molecule has 12 heavy (non-hydrogen) atoms. The summed E-state index contributed by atoms with van der Waals surface area (Å²) >= 11 is 0. The van der Waals surface area contributed by atoms with E-state index in [1.807, 2.05) is 18.2 Å². The third-order valence-corrected chi connectivity index (χ3v) is 1.33. The minimum absolute atomic E-state index is 0.590. The third kappa shape index (κ3) is 3.19. The van der Waals surface area contributed by atoms with Crippen LogP contribution in [-0.2, 0) is 0 Å². The molecule has 0 aliphatic carbocycles. The van der Waals surface area contributed by atoms with Crippen molar-refractivity contribution in [1.29, 1.82) is 0 Å². The normalized spacial score (nSPS) is 12.2. The zero-order valence-corrected chi connectivity index (χ0v) is 7.40. The van der Waals surface area contributed by atoms with Crippen molar-refractivity contribution in [1.82, 2.24) is 4.98 Å². The second-order valence-corrected chi connectivity index (χ2v) is 2.90. The van der Waals surface area contributed by atoms with Gasteiger partial charge >= 0.3 is 0 Å². The molecule has 1 heterocycles. The van der Waals surface area contributed by atoms with Gasteiger partial charge in [0.15, 0.2) is 6.39 Å². The zero-order chi connectivity index (χ0) is 8.81. The Labute approximate surface area is 72.6 Å². The molecule has 0 radical (unpaired) electrons. The standard InChI is InChI=1S/C10H13NO/c1-9(2)5-3-4-6-10-7-12-8-11-10/h3-9H,1-2H3/b5-3+,6-4+. The van der Waals surface area contributed by atoms with Crippen LogP contribution in [0.2, 0.25) is 0 Å². The second kappa shape index (κ2) is 4.54. The van der Waals surface area contributed by atoms with Crippen LogP contribution in [0.5, 0.6) is 0 Å². The number of aromatic nitrogens is 1. The van der Waals surface area contributed by atoms with Crippen LogP contribution in [0.1, 0.15) is 19.5 Å². The molecule has 0 atom stereocenters. The minimum Gasteiger partial charge on any atom is -0.451 e. The lowest BCUT2D eigenvalue weighted by atomic mass is 10.2.